The fraction of sp³-hybridized carbons (Fsp3) is 0. The van der Waals surface area contributed by atoms with Crippen LogP contribution in [-0.4, -0.2) is 32.8 Å². The van der Waals surface area contributed by atoms with Gasteiger partial charge in [-0.3, -0.25) is 9.13 Å². The Morgan fingerprint density at radius 1 is 0.196 bits per heavy atom. The van der Waals surface area contributed by atoms with Gasteiger partial charge in [-0.2, -0.15) is 4.98 Å². The molecule has 7 nitrogen and oxygen atoms in total. The normalized spacial score (nSPS) is 12.3. The van der Waals surface area contributed by atoms with E-state index >= 15 is 0 Å². The first-order chi connectivity index (χ1) is 53.0. The van der Waals surface area contributed by atoms with E-state index in [0.717, 1.165) is 117 Å². The lowest BCUT2D eigenvalue weighted by molar-refractivity contribution is 0.972. The highest BCUT2D eigenvalue weighted by molar-refractivity contribution is 7.27. The molecule has 0 aliphatic heterocycles. The third-order valence-corrected chi connectivity index (χ3v) is 25.0. The van der Waals surface area contributed by atoms with E-state index in [4.69, 9.17) is 9.97 Å². The minimum absolute atomic E-state index is 0.572. The summed E-state index contributed by atoms with van der Waals surface area (Å²) in [5.41, 5.74) is 22.0. The van der Waals surface area contributed by atoms with Crippen molar-refractivity contribution in [2.45, 2.75) is 0 Å². The summed E-state index contributed by atoms with van der Waals surface area (Å²) in [6.45, 7) is 0. The highest BCUT2D eigenvalue weighted by atomic mass is 32.1. The molecule has 8 aromatic heterocycles. The van der Waals surface area contributed by atoms with Crippen LogP contribution in [0.25, 0.3) is 222 Å². The van der Waals surface area contributed by atoms with Gasteiger partial charge in [0.25, 0.3) is 0 Å². The third-order valence-electron chi connectivity index (χ3n) is 22.7. The Morgan fingerprint density at radius 2 is 0.579 bits per heavy atom. The van der Waals surface area contributed by atoms with Gasteiger partial charge in [-0.05, 0) is 167 Å². The lowest BCUT2D eigenvalue weighted by atomic mass is 10.00. The highest BCUT2D eigenvalue weighted by Crippen LogP contribution is 2.48. The molecule has 0 saturated heterocycles. The zero-order chi connectivity index (χ0) is 69.7. The molecule has 24 aromatic rings. The first-order valence-corrected chi connectivity index (χ1v) is 38.1. The molecule has 0 amide bonds. The van der Waals surface area contributed by atoms with Crippen molar-refractivity contribution in [3.8, 4) is 62.2 Å². The number of aromatic nitrogens is 7. The third kappa shape index (κ3) is 8.57. The van der Waals surface area contributed by atoms with E-state index in [1.165, 1.54) is 100 Å². The van der Waals surface area contributed by atoms with Crippen molar-refractivity contribution >= 4 is 183 Å². The van der Waals surface area contributed by atoms with Crippen molar-refractivity contribution in [2.75, 3.05) is 0 Å². The number of thiophene rings is 2. The van der Waals surface area contributed by atoms with Crippen molar-refractivity contribution in [3.05, 3.63) is 346 Å². The maximum atomic E-state index is 6.17. The second kappa shape index (κ2) is 22.4. The molecule has 0 saturated carbocycles. The van der Waals surface area contributed by atoms with Gasteiger partial charge in [0.2, 0.25) is 5.95 Å². The summed E-state index contributed by atoms with van der Waals surface area (Å²) in [7, 11) is 0. The van der Waals surface area contributed by atoms with Crippen molar-refractivity contribution in [1.29, 1.82) is 0 Å². The van der Waals surface area contributed by atoms with Crippen LogP contribution in [0.15, 0.2) is 346 Å². The predicted octanol–water partition coefficient (Wildman–Crippen LogP) is 26.9. The van der Waals surface area contributed by atoms with Crippen LogP contribution in [0.5, 0.6) is 0 Å². The molecule has 0 bridgehead atoms. The Kier molecular flexibility index (Phi) is 12.3. The Hall–Kier alpha value is -13.7. The van der Waals surface area contributed by atoms with Crippen molar-refractivity contribution in [1.82, 2.24) is 32.8 Å². The summed E-state index contributed by atoms with van der Waals surface area (Å²) in [6.07, 6.45) is 0. The smallest absolute Gasteiger partial charge is 0.237 e. The average Bonchev–Trinajstić information content (AvgIpc) is 1.56. The van der Waals surface area contributed by atoms with Crippen molar-refractivity contribution < 1.29 is 0 Å². The van der Waals surface area contributed by atoms with Gasteiger partial charge < -0.3 is 13.7 Å². The molecule has 0 atom stereocenters. The van der Waals surface area contributed by atoms with E-state index in [9.17, 15) is 0 Å². The summed E-state index contributed by atoms with van der Waals surface area (Å²) < 4.78 is 17.1. The van der Waals surface area contributed by atoms with Gasteiger partial charge in [-0.1, -0.05) is 212 Å². The fourth-order valence-electron chi connectivity index (χ4n) is 17.9. The number of para-hydroxylation sites is 6. The maximum Gasteiger partial charge on any atom is 0.237 e. The second-order valence-electron chi connectivity index (χ2n) is 28.4. The molecule has 496 valence electrons. The van der Waals surface area contributed by atoms with Crippen molar-refractivity contribution in [2.24, 2.45) is 0 Å². The van der Waals surface area contributed by atoms with Crippen LogP contribution in [0.3, 0.4) is 0 Å². The lowest BCUT2D eigenvalue weighted by Crippen LogP contribution is -2.08. The minimum atomic E-state index is 0.572. The van der Waals surface area contributed by atoms with Crippen LogP contribution in [0, 0.1) is 0 Å². The number of fused-ring (bicyclic) bond motifs is 23. The van der Waals surface area contributed by atoms with Gasteiger partial charge in [-0.25, -0.2) is 4.98 Å². The Bertz CT molecular complexity index is 7740. The van der Waals surface area contributed by atoms with Crippen LogP contribution < -0.4 is 0 Å². The van der Waals surface area contributed by atoms with E-state index in [1.807, 2.05) is 22.7 Å². The van der Waals surface area contributed by atoms with E-state index < -0.39 is 0 Å². The number of hydrogen-bond donors (Lipinski definition) is 0. The van der Waals surface area contributed by atoms with Crippen LogP contribution in [0.2, 0.25) is 0 Å². The minimum Gasteiger partial charge on any atom is -0.309 e. The molecule has 24 rings (SSSR count). The van der Waals surface area contributed by atoms with Crippen LogP contribution >= 0.6 is 22.7 Å². The summed E-state index contributed by atoms with van der Waals surface area (Å²) in [5, 5.41) is 17.8. The van der Waals surface area contributed by atoms with Gasteiger partial charge >= 0.3 is 0 Å². The Balaban J connectivity index is 0.771. The number of rotatable bonds is 8. The Labute approximate surface area is 619 Å². The molecule has 107 heavy (non-hydrogen) atoms. The predicted molar refractivity (Wildman–Crippen MR) is 453 cm³/mol. The number of nitrogens with zero attached hydrogens (tertiary/aromatic N) is 7. The molecule has 9 heteroatoms. The van der Waals surface area contributed by atoms with Crippen molar-refractivity contribution in [3.63, 3.8) is 0 Å². The van der Waals surface area contributed by atoms with Gasteiger partial charge in [0.15, 0.2) is 5.82 Å². The van der Waals surface area contributed by atoms with Crippen LogP contribution in [-0.2, 0) is 0 Å². The topological polar surface area (TPSA) is 50.4 Å². The zero-order valence-electron chi connectivity index (χ0n) is 57.4. The van der Waals surface area contributed by atoms with E-state index in [2.05, 4.69) is 369 Å². The lowest BCUT2D eigenvalue weighted by Gasteiger charge is -2.16. The van der Waals surface area contributed by atoms with Gasteiger partial charge in [-0.15, -0.1) is 22.7 Å². The molecule has 0 aliphatic carbocycles. The average molecular weight is 1400 g/mol. The van der Waals surface area contributed by atoms with E-state index in [1.54, 1.807) is 0 Å². The molecule has 0 N–H and O–H groups in total. The molecule has 8 heterocycles. The fourth-order valence-corrected chi connectivity index (χ4v) is 20.3. The molecule has 0 fully saturated rings. The first-order valence-electron chi connectivity index (χ1n) is 36.4. The summed E-state index contributed by atoms with van der Waals surface area (Å²) >= 11 is 3.73. The first kappa shape index (κ1) is 58.8. The SMILES string of the molecule is c1ccc(-n2c3ccccc3c3cc(-c4ccc5c6ccc(-c7ccc8c(c7)c7ccccc7n8-c7ccccc7)cc6n(-c6nc(-n7c8ccccc8c8c9sc%10ccccc%10c9ccc87)c7cc(-n8c9ccccc9c9ccc(-c%10ccc%11c(c%10)sc%10ccccc%10%11)cc98)ccc7n6)c5c4)ccc32)cc1. The molecule has 0 unspecified atom stereocenters. The zero-order valence-corrected chi connectivity index (χ0v) is 59.0. The number of hydrogen-bond acceptors (Lipinski definition) is 4. The van der Waals surface area contributed by atoms with Crippen LogP contribution in [0.1, 0.15) is 0 Å². The highest BCUT2D eigenvalue weighted by Gasteiger charge is 2.26. The van der Waals surface area contributed by atoms with Crippen LogP contribution in [0.4, 0.5) is 0 Å². The number of benzene rings is 16. The monoisotopic (exact) mass is 1400 g/mol. The summed E-state index contributed by atoms with van der Waals surface area (Å²) in [5.74, 6) is 1.36. The van der Waals surface area contributed by atoms with Gasteiger partial charge in [0, 0.05) is 117 Å². The molecular weight excluding hydrogens is 1340 g/mol. The summed E-state index contributed by atoms with van der Waals surface area (Å²) in [4.78, 5) is 12.1. The van der Waals surface area contributed by atoms with Gasteiger partial charge in [0.1, 0.15) is 0 Å². The molecule has 0 aliphatic rings. The van der Waals surface area contributed by atoms with E-state index in [0.29, 0.717) is 5.95 Å². The van der Waals surface area contributed by atoms with Gasteiger partial charge in [0.05, 0.1) is 60.7 Å². The molecule has 16 aromatic carbocycles. The van der Waals surface area contributed by atoms with E-state index in [-0.39, 0.29) is 0 Å². The molecule has 0 spiro atoms. The second-order valence-corrected chi connectivity index (χ2v) is 30.5. The molecular formula is C98H57N7S2. The summed E-state index contributed by atoms with van der Waals surface area (Å²) in [6, 6.07) is 128. The quantitative estimate of drug-likeness (QED) is 0.152. The standard InChI is InChI=1S/C98H57N7S2/c1-3-19-64(20-4-1)101-83-30-14-8-24-68(83)78-51-58(39-48-86(78)101)60-35-43-71-72-44-36-61(59-40-49-87-79(52-59)69-25-9-15-31-84(69)102(87)65-21-5-2-6-22-65)55-91(72)105(90(71)54-60)98-99-81-47-41-66(57-80(81)97(100-98)104-85-32-16-10-28-77(85)95-88(104)50-46-76-74-27-12-18-34-93(74)107-96(76)95)103-82-29-13-7-23-67(82)70-42-37-62(53-89(70)103)63-38-45-75-73-26-11-17-33-92(73)106-94(75)56-63/h1-57H. The Morgan fingerprint density at radius 3 is 1.15 bits per heavy atom. The maximum absolute atomic E-state index is 6.17. The molecule has 0 radical (unpaired) electrons. The largest absolute Gasteiger partial charge is 0.309 e.